The largest absolute Gasteiger partial charge is 0.497 e. The quantitative estimate of drug-likeness (QED) is 0.387. The van der Waals surface area contributed by atoms with Crippen molar-refractivity contribution >= 4 is 11.9 Å². The van der Waals surface area contributed by atoms with Gasteiger partial charge in [0.05, 0.1) is 13.7 Å². The molecule has 166 valence electrons. The zero-order chi connectivity index (χ0) is 21.2. The fourth-order valence-corrected chi connectivity index (χ4v) is 4.21. The molecule has 1 heterocycles. The SMILES string of the molecule is CN=C(NCCCOc1ccc(OC)cc1)NC1CCN(C(=O)C2CCCCC2)C1. The fourth-order valence-electron chi connectivity index (χ4n) is 4.21. The monoisotopic (exact) mass is 416 g/mol. The second-order valence-corrected chi connectivity index (χ2v) is 8.13. The van der Waals surface area contributed by atoms with E-state index in [0.29, 0.717) is 12.5 Å². The molecule has 30 heavy (non-hydrogen) atoms. The minimum atomic E-state index is 0.251. The van der Waals surface area contributed by atoms with Gasteiger partial charge >= 0.3 is 0 Å². The molecule has 7 nitrogen and oxygen atoms in total. The first-order chi connectivity index (χ1) is 14.7. The maximum Gasteiger partial charge on any atom is 0.225 e. The van der Waals surface area contributed by atoms with E-state index in [1.165, 1.54) is 19.3 Å². The second kappa shape index (κ2) is 11.7. The lowest BCUT2D eigenvalue weighted by molar-refractivity contribution is -0.135. The molecule has 7 heteroatoms. The van der Waals surface area contributed by atoms with E-state index in [9.17, 15) is 4.79 Å². The molecule has 1 saturated carbocycles. The van der Waals surface area contributed by atoms with Gasteiger partial charge in [-0.3, -0.25) is 9.79 Å². The van der Waals surface area contributed by atoms with Crippen molar-refractivity contribution in [3.05, 3.63) is 24.3 Å². The van der Waals surface area contributed by atoms with Crippen LogP contribution < -0.4 is 20.1 Å². The van der Waals surface area contributed by atoms with E-state index in [1.54, 1.807) is 14.2 Å². The van der Waals surface area contributed by atoms with Crippen molar-refractivity contribution in [1.82, 2.24) is 15.5 Å². The molecule has 1 unspecified atom stereocenters. The molecule has 2 N–H and O–H groups in total. The van der Waals surface area contributed by atoms with Crippen LogP contribution in [0, 0.1) is 5.92 Å². The number of likely N-dealkylation sites (tertiary alicyclic amines) is 1. The molecule has 3 rings (SSSR count). The van der Waals surface area contributed by atoms with Crippen LogP contribution in [0.25, 0.3) is 0 Å². The minimum absolute atomic E-state index is 0.251. The second-order valence-electron chi connectivity index (χ2n) is 8.13. The van der Waals surface area contributed by atoms with Crippen molar-refractivity contribution in [2.45, 2.75) is 51.0 Å². The summed E-state index contributed by atoms with van der Waals surface area (Å²) in [5, 5.41) is 6.81. The number of ether oxygens (including phenoxy) is 2. The van der Waals surface area contributed by atoms with Gasteiger partial charge in [0.1, 0.15) is 11.5 Å². The molecule has 2 fully saturated rings. The average molecular weight is 417 g/mol. The Morgan fingerprint density at radius 2 is 1.87 bits per heavy atom. The molecule has 1 aliphatic carbocycles. The van der Waals surface area contributed by atoms with Crippen LogP contribution in [0.4, 0.5) is 0 Å². The minimum Gasteiger partial charge on any atom is -0.497 e. The maximum absolute atomic E-state index is 12.7. The molecule has 1 aromatic carbocycles. The Hall–Kier alpha value is -2.44. The first kappa shape index (κ1) is 22.2. The summed E-state index contributed by atoms with van der Waals surface area (Å²) in [6, 6.07) is 7.87. The smallest absolute Gasteiger partial charge is 0.225 e. The summed E-state index contributed by atoms with van der Waals surface area (Å²) in [5.41, 5.74) is 0. The zero-order valence-electron chi connectivity index (χ0n) is 18.4. The van der Waals surface area contributed by atoms with Crippen LogP contribution in [0.5, 0.6) is 11.5 Å². The highest BCUT2D eigenvalue weighted by Crippen LogP contribution is 2.26. The van der Waals surface area contributed by atoms with Crippen LogP contribution in [-0.2, 0) is 4.79 Å². The number of hydrogen-bond donors (Lipinski definition) is 2. The van der Waals surface area contributed by atoms with Gasteiger partial charge < -0.3 is 25.0 Å². The summed E-state index contributed by atoms with van der Waals surface area (Å²) in [6.45, 7) is 3.02. The number of methoxy groups -OCH3 is 1. The first-order valence-electron chi connectivity index (χ1n) is 11.2. The molecular formula is C23H36N4O3. The third-order valence-electron chi connectivity index (χ3n) is 5.96. The number of benzene rings is 1. The third-order valence-corrected chi connectivity index (χ3v) is 5.96. The van der Waals surface area contributed by atoms with E-state index in [4.69, 9.17) is 9.47 Å². The Morgan fingerprint density at radius 1 is 1.13 bits per heavy atom. The van der Waals surface area contributed by atoms with Gasteiger partial charge in [-0.15, -0.1) is 0 Å². The standard InChI is InChI=1S/C23H36N4O3/c1-24-23(25-14-6-16-30-21-11-9-20(29-2)10-12-21)26-19-13-15-27(17-19)22(28)18-7-4-3-5-8-18/h9-12,18-19H,3-8,13-17H2,1-2H3,(H2,24,25,26). The number of nitrogens with one attached hydrogen (secondary N) is 2. The van der Waals surface area contributed by atoms with Crippen LogP contribution in [0.2, 0.25) is 0 Å². The summed E-state index contributed by atoms with van der Waals surface area (Å²) in [7, 11) is 3.43. The van der Waals surface area contributed by atoms with Gasteiger partial charge in [0.15, 0.2) is 5.96 Å². The van der Waals surface area contributed by atoms with Crippen LogP contribution in [0.15, 0.2) is 29.3 Å². The molecule has 1 saturated heterocycles. The molecule has 1 amide bonds. The van der Waals surface area contributed by atoms with Crippen molar-refractivity contribution in [2.75, 3.05) is 40.4 Å². The number of carbonyl (C=O) groups excluding carboxylic acids is 1. The van der Waals surface area contributed by atoms with Crippen LogP contribution in [-0.4, -0.2) is 63.2 Å². The molecule has 0 aromatic heterocycles. The molecule has 1 aromatic rings. The van der Waals surface area contributed by atoms with Crippen LogP contribution in [0.1, 0.15) is 44.9 Å². The van der Waals surface area contributed by atoms with Gasteiger partial charge in [-0.05, 0) is 49.9 Å². The molecule has 2 aliphatic rings. The highest BCUT2D eigenvalue weighted by Gasteiger charge is 2.31. The van der Waals surface area contributed by atoms with E-state index in [-0.39, 0.29) is 12.0 Å². The Balaban J connectivity index is 1.32. The van der Waals surface area contributed by atoms with Gasteiger partial charge in [-0.25, -0.2) is 0 Å². The molecule has 1 atom stereocenters. The predicted molar refractivity (Wildman–Crippen MR) is 119 cm³/mol. The highest BCUT2D eigenvalue weighted by atomic mass is 16.5. The molecular weight excluding hydrogens is 380 g/mol. The van der Waals surface area contributed by atoms with Crippen molar-refractivity contribution in [1.29, 1.82) is 0 Å². The average Bonchev–Trinajstić information content (AvgIpc) is 3.27. The van der Waals surface area contributed by atoms with Crippen molar-refractivity contribution < 1.29 is 14.3 Å². The van der Waals surface area contributed by atoms with Crippen molar-refractivity contribution in [2.24, 2.45) is 10.9 Å². The molecule has 1 aliphatic heterocycles. The maximum atomic E-state index is 12.7. The zero-order valence-corrected chi connectivity index (χ0v) is 18.4. The van der Waals surface area contributed by atoms with E-state index in [2.05, 4.69) is 15.6 Å². The summed E-state index contributed by atoms with van der Waals surface area (Å²) in [6.07, 6.45) is 7.64. The molecule has 0 radical (unpaired) electrons. The van der Waals surface area contributed by atoms with Crippen molar-refractivity contribution in [3.63, 3.8) is 0 Å². The number of aliphatic imine (C=N–C) groups is 1. The van der Waals surface area contributed by atoms with E-state index in [0.717, 1.165) is 62.8 Å². The topological polar surface area (TPSA) is 75.2 Å². The van der Waals surface area contributed by atoms with Gasteiger partial charge in [0.2, 0.25) is 5.91 Å². The lowest BCUT2D eigenvalue weighted by atomic mass is 9.88. The highest BCUT2D eigenvalue weighted by molar-refractivity contribution is 5.81. The van der Waals surface area contributed by atoms with Crippen LogP contribution in [0.3, 0.4) is 0 Å². The van der Waals surface area contributed by atoms with Crippen molar-refractivity contribution in [3.8, 4) is 11.5 Å². The predicted octanol–water partition coefficient (Wildman–Crippen LogP) is 2.81. The van der Waals surface area contributed by atoms with Gasteiger partial charge in [0, 0.05) is 38.6 Å². The Labute approximate surface area is 180 Å². The fraction of sp³-hybridized carbons (Fsp3) is 0.652. The lowest BCUT2D eigenvalue weighted by Gasteiger charge is -2.26. The summed E-state index contributed by atoms with van der Waals surface area (Å²) >= 11 is 0. The number of nitrogens with zero attached hydrogens (tertiary/aromatic N) is 2. The summed E-state index contributed by atoms with van der Waals surface area (Å²) in [5.74, 6) is 3.06. The van der Waals surface area contributed by atoms with E-state index >= 15 is 0 Å². The van der Waals surface area contributed by atoms with E-state index in [1.807, 2.05) is 29.2 Å². The number of rotatable bonds is 8. The van der Waals surface area contributed by atoms with Gasteiger partial charge in [0.25, 0.3) is 0 Å². The summed E-state index contributed by atoms with van der Waals surface area (Å²) < 4.78 is 10.9. The van der Waals surface area contributed by atoms with Crippen LogP contribution >= 0.6 is 0 Å². The van der Waals surface area contributed by atoms with Gasteiger partial charge in [-0.2, -0.15) is 0 Å². The Bertz CT molecular complexity index is 686. The number of guanidine groups is 1. The number of amides is 1. The lowest BCUT2D eigenvalue weighted by Crippen LogP contribution is -2.46. The molecule has 0 bridgehead atoms. The third kappa shape index (κ3) is 6.54. The molecule has 0 spiro atoms. The first-order valence-corrected chi connectivity index (χ1v) is 11.2. The number of hydrogen-bond acceptors (Lipinski definition) is 4. The van der Waals surface area contributed by atoms with E-state index < -0.39 is 0 Å². The Morgan fingerprint density at radius 3 is 2.57 bits per heavy atom. The Kier molecular flexibility index (Phi) is 8.66. The van der Waals surface area contributed by atoms with Gasteiger partial charge in [-0.1, -0.05) is 19.3 Å². The number of carbonyl (C=O) groups is 1. The summed E-state index contributed by atoms with van der Waals surface area (Å²) in [4.78, 5) is 19.1. The normalized spacial score (nSPS) is 20.1.